The van der Waals surface area contributed by atoms with Crippen LogP contribution in [0.25, 0.3) is 0 Å². The second-order valence-electron chi connectivity index (χ2n) is 6.90. The first kappa shape index (κ1) is 19.3. The van der Waals surface area contributed by atoms with Crippen molar-refractivity contribution in [3.05, 3.63) is 86.2 Å². The highest BCUT2D eigenvalue weighted by atomic mass is 16.6. The summed E-state index contributed by atoms with van der Waals surface area (Å²) in [6.07, 6.45) is 0. The minimum absolute atomic E-state index is 0.0730. The minimum atomic E-state index is -0.484. The van der Waals surface area contributed by atoms with Crippen molar-refractivity contribution in [2.24, 2.45) is 0 Å². The maximum Gasteiger partial charge on any atom is 0.273 e. The van der Waals surface area contributed by atoms with Gasteiger partial charge in [0.05, 0.1) is 28.5 Å². The minimum Gasteiger partial charge on any atom is -0.319 e. The van der Waals surface area contributed by atoms with Crippen molar-refractivity contribution in [3.8, 4) is 0 Å². The Hall–Kier alpha value is -3.48. The maximum absolute atomic E-state index is 12.6. The van der Waals surface area contributed by atoms with Gasteiger partial charge in [-0.25, -0.2) is 0 Å². The molecule has 0 saturated heterocycles. The van der Waals surface area contributed by atoms with Crippen LogP contribution in [-0.4, -0.2) is 20.6 Å². The van der Waals surface area contributed by atoms with Crippen molar-refractivity contribution in [2.75, 3.05) is 5.32 Å². The molecule has 144 valence electrons. The summed E-state index contributed by atoms with van der Waals surface area (Å²) in [5.41, 5.74) is 5.13. The molecule has 0 fully saturated rings. The molecule has 7 heteroatoms. The van der Waals surface area contributed by atoms with E-state index < -0.39 is 10.8 Å². The fourth-order valence-electron chi connectivity index (χ4n) is 3.03. The van der Waals surface area contributed by atoms with Crippen LogP contribution in [0.5, 0.6) is 0 Å². The summed E-state index contributed by atoms with van der Waals surface area (Å²) >= 11 is 0. The van der Waals surface area contributed by atoms with E-state index in [0.29, 0.717) is 23.5 Å². The average Bonchev–Trinajstić information content (AvgIpc) is 2.91. The highest BCUT2D eigenvalue weighted by molar-refractivity contribution is 6.05. The summed E-state index contributed by atoms with van der Waals surface area (Å²) in [5, 5.41) is 18.5. The number of aryl methyl sites for hydroxylation is 3. The molecule has 0 spiro atoms. The molecule has 0 radical (unpaired) electrons. The Balaban J connectivity index is 1.84. The summed E-state index contributed by atoms with van der Waals surface area (Å²) in [5.74, 6) is -0.399. The highest BCUT2D eigenvalue weighted by Crippen LogP contribution is 2.23. The lowest BCUT2D eigenvalue weighted by Crippen LogP contribution is -2.14. The summed E-state index contributed by atoms with van der Waals surface area (Å²) in [7, 11) is 0. The van der Waals surface area contributed by atoms with Crippen molar-refractivity contribution in [1.29, 1.82) is 0 Å². The molecule has 0 saturated carbocycles. The zero-order chi connectivity index (χ0) is 20.4. The van der Waals surface area contributed by atoms with E-state index >= 15 is 0 Å². The van der Waals surface area contributed by atoms with Crippen molar-refractivity contribution < 1.29 is 9.72 Å². The predicted molar refractivity (Wildman–Crippen MR) is 108 cm³/mol. The lowest BCUT2D eigenvalue weighted by Gasteiger charge is -2.08. The van der Waals surface area contributed by atoms with Gasteiger partial charge in [0.2, 0.25) is 0 Å². The number of nitrogens with zero attached hydrogens (tertiary/aromatic N) is 3. The third kappa shape index (κ3) is 3.93. The molecule has 1 N–H and O–H groups in total. The van der Waals surface area contributed by atoms with E-state index in [4.69, 9.17) is 0 Å². The van der Waals surface area contributed by atoms with Gasteiger partial charge in [0.25, 0.3) is 11.6 Å². The second kappa shape index (κ2) is 7.64. The van der Waals surface area contributed by atoms with Gasteiger partial charge in [-0.3, -0.25) is 19.6 Å². The van der Waals surface area contributed by atoms with Crippen molar-refractivity contribution in [1.82, 2.24) is 9.78 Å². The maximum atomic E-state index is 12.6. The molecular weight excluding hydrogens is 356 g/mol. The van der Waals surface area contributed by atoms with Crippen LogP contribution < -0.4 is 5.32 Å². The summed E-state index contributed by atoms with van der Waals surface area (Å²) < 4.78 is 1.84. The van der Waals surface area contributed by atoms with Crippen LogP contribution in [0.1, 0.15) is 38.4 Å². The van der Waals surface area contributed by atoms with Crippen LogP contribution in [0.4, 0.5) is 11.4 Å². The number of amides is 1. The lowest BCUT2D eigenvalue weighted by atomic mass is 10.1. The van der Waals surface area contributed by atoms with Crippen LogP contribution in [0, 0.1) is 37.8 Å². The van der Waals surface area contributed by atoms with Crippen LogP contribution >= 0.6 is 0 Å². The monoisotopic (exact) mass is 378 g/mol. The third-order valence-electron chi connectivity index (χ3n) is 4.74. The fraction of sp³-hybridized carbons (Fsp3) is 0.238. The smallest absolute Gasteiger partial charge is 0.273 e. The van der Waals surface area contributed by atoms with E-state index in [1.807, 2.05) is 37.6 Å². The molecule has 0 atom stereocenters. The normalized spacial score (nSPS) is 10.7. The number of hydrogen-bond acceptors (Lipinski definition) is 4. The zero-order valence-electron chi connectivity index (χ0n) is 16.3. The molecule has 1 heterocycles. The molecule has 7 nitrogen and oxygen atoms in total. The van der Waals surface area contributed by atoms with E-state index in [-0.39, 0.29) is 11.3 Å². The van der Waals surface area contributed by atoms with E-state index in [2.05, 4.69) is 22.5 Å². The molecule has 0 bridgehead atoms. The van der Waals surface area contributed by atoms with Crippen LogP contribution in [0.2, 0.25) is 0 Å². The van der Waals surface area contributed by atoms with Gasteiger partial charge in [0.1, 0.15) is 0 Å². The summed E-state index contributed by atoms with van der Waals surface area (Å²) in [6.45, 7) is 7.99. The molecule has 0 aliphatic heterocycles. The average molecular weight is 378 g/mol. The summed E-state index contributed by atoms with van der Waals surface area (Å²) in [4.78, 5) is 23.3. The van der Waals surface area contributed by atoms with Gasteiger partial charge in [0, 0.05) is 17.2 Å². The van der Waals surface area contributed by atoms with Crippen LogP contribution in [0.3, 0.4) is 0 Å². The number of benzene rings is 2. The third-order valence-corrected chi connectivity index (χ3v) is 4.74. The Morgan fingerprint density at radius 2 is 1.79 bits per heavy atom. The van der Waals surface area contributed by atoms with Gasteiger partial charge >= 0.3 is 0 Å². The first-order valence-corrected chi connectivity index (χ1v) is 8.92. The topological polar surface area (TPSA) is 90.1 Å². The number of nitro groups is 1. The van der Waals surface area contributed by atoms with Crippen LogP contribution in [-0.2, 0) is 6.54 Å². The number of nitro benzene ring substituents is 1. The van der Waals surface area contributed by atoms with Crippen molar-refractivity contribution in [3.63, 3.8) is 0 Å². The molecule has 1 aromatic heterocycles. The predicted octanol–water partition coefficient (Wildman–Crippen LogP) is 4.33. The molecule has 3 aromatic rings. The molecule has 2 aromatic carbocycles. The molecule has 3 rings (SSSR count). The standard InChI is InChI=1S/C21H22N4O3/c1-13-5-8-17(9-6-13)12-24-16(4)20(15(3)23-24)22-21(26)18-10-7-14(2)19(11-18)25(27)28/h5-11H,12H2,1-4H3,(H,22,26). The van der Waals surface area contributed by atoms with E-state index in [0.717, 1.165) is 11.3 Å². The largest absolute Gasteiger partial charge is 0.319 e. The zero-order valence-corrected chi connectivity index (χ0v) is 16.3. The quantitative estimate of drug-likeness (QED) is 0.529. The number of rotatable bonds is 5. The first-order chi connectivity index (χ1) is 13.3. The Labute approximate surface area is 163 Å². The highest BCUT2D eigenvalue weighted by Gasteiger charge is 2.18. The SMILES string of the molecule is Cc1ccc(Cn2nc(C)c(NC(=O)c3ccc(C)c([N+](=O)[O-])c3)c2C)cc1. The van der Waals surface area contributed by atoms with E-state index in [9.17, 15) is 14.9 Å². The molecule has 28 heavy (non-hydrogen) atoms. The Morgan fingerprint density at radius 1 is 1.11 bits per heavy atom. The number of carbonyl (C=O) groups is 1. The van der Waals surface area contributed by atoms with Gasteiger partial charge in [0.15, 0.2) is 0 Å². The number of nitrogens with one attached hydrogen (secondary N) is 1. The Bertz CT molecular complexity index is 1050. The second-order valence-corrected chi connectivity index (χ2v) is 6.90. The first-order valence-electron chi connectivity index (χ1n) is 8.92. The number of hydrogen-bond donors (Lipinski definition) is 1. The molecule has 1 amide bonds. The number of carbonyl (C=O) groups excluding carboxylic acids is 1. The van der Waals surface area contributed by atoms with E-state index in [1.165, 1.54) is 11.6 Å². The number of anilines is 1. The van der Waals surface area contributed by atoms with Gasteiger partial charge in [-0.2, -0.15) is 5.10 Å². The van der Waals surface area contributed by atoms with Gasteiger partial charge in [-0.05, 0) is 39.3 Å². The molecule has 0 aliphatic carbocycles. The summed E-state index contributed by atoms with van der Waals surface area (Å²) in [6, 6.07) is 12.7. The molecular formula is C21H22N4O3. The van der Waals surface area contributed by atoms with Crippen molar-refractivity contribution in [2.45, 2.75) is 34.2 Å². The molecule has 0 unspecified atom stereocenters. The van der Waals surface area contributed by atoms with E-state index in [1.54, 1.807) is 19.1 Å². The van der Waals surface area contributed by atoms with Crippen LogP contribution in [0.15, 0.2) is 42.5 Å². The van der Waals surface area contributed by atoms with Gasteiger partial charge < -0.3 is 5.32 Å². The Kier molecular flexibility index (Phi) is 5.26. The van der Waals surface area contributed by atoms with Gasteiger partial charge in [-0.15, -0.1) is 0 Å². The van der Waals surface area contributed by atoms with Crippen molar-refractivity contribution >= 4 is 17.3 Å². The number of aromatic nitrogens is 2. The molecule has 0 aliphatic rings. The van der Waals surface area contributed by atoms with Gasteiger partial charge in [-0.1, -0.05) is 35.9 Å². The fourth-order valence-corrected chi connectivity index (χ4v) is 3.03. The Morgan fingerprint density at radius 3 is 2.43 bits per heavy atom. The lowest BCUT2D eigenvalue weighted by molar-refractivity contribution is -0.385.